The fourth-order valence-electron chi connectivity index (χ4n) is 5.40. The number of nitrogens with one attached hydrogen (secondary N) is 2. The number of Topliss-reactive ketones (excluding diaryl/α,β-unsaturated/α-hetero) is 1. The molecule has 2 aliphatic rings. The lowest BCUT2D eigenvalue weighted by molar-refractivity contribution is -0.133. The fraction of sp³-hybridized carbons (Fsp3) is 0.345. The van der Waals surface area contributed by atoms with Gasteiger partial charge >= 0.3 is 0 Å². The second-order valence-electron chi connectivity index (χ2n) is 10.1. The summed E-state index contributed by atoms with van der Waals surface area (Å²) < 4.78 is 31.9. The number of anilines is 1. The van der Waals surface area contributed by atoms with Gasteiger partial charge in [-0.2, -0.15) is 0 Å². The molecule has 1 unspecified atom stereocenters. The van der Waals surface area contributed by atoms with Gasteiger partial charge in [0.1, 0.15) is 5.54 Å². The van der Waals surface area contributed by atoms with Crippen molar-refractivity contribution in [3.05, 3.63) is 78.8 Å². The summed E-state index contributed by atoms with van der Waals surface area (Å²) in [5.74, 6) is -0.929. The van der Waals surface area contributed by atoms with E-state index in [1.54, 1.807) is 71.6 Å². The third-order valence-electron chi connectivity index (χ3n) is 7.52. The molecule has 1 aliphatic carbocycles. The van der Waals surface area contributed by atoms with Crippen LogP contribution in [0.2, 0.25) is 0 Å². The minimum atomic E-state index is -3.79. The Morgan fingerprint density at radius 3 is 2.33 bits per heavy atom. The molecular weight excluding hydrogens is 518 g/mol. The minimum absolute atomic E-state index is 0.0436. The lowest BCUT2D eigenvalue weighted by atomic mass is 9.80. The van der Waals surface area contributed by atoms with E-state index in [0.29, 0.717) is 31.5 Å². The highest BCUT2D eigenvalue weighted by Crippen LogP contribution is 2.32. The van der Waals surface area contributed by atoms with Gasteiger partial charge in [-0.3, -0.25) is 14.4 Å². The van der Waals surface area contributed by atoms with Crippen molar-refractivity contribution in [2.24, 2.45) is 0 Å². The van der Waals surface area contributed by atoms with E-state index in [9.17, 15) is 22.8 Å². The van der Waals surface area contributed by atoms with E-state index in [4.69, 9.17) is 4.42 Å². The van der Waals surface area contributed by atoms with Gasteiger partial charge in [0.25, 0.3) is 5.91 Å². The molecule has 3 aromatic rings. The van der Waals surface area contributed by atoms with Crippen LogP contribution in [0.4, 0.5) is 5.69 Å². The summed E-state index contributed by atoms with van der Waals surface area (Å²) in [6.07, 6.45) is 5.20. The van der Waals surface area contributed by atoms with Crippen molar-refractivity contribution in [1.82, 2.24) is 10.6 Å². The first kappa shape index (κ1) is 26.7. The van der Waals surface area contributed by atoms with E-state index in [0.717, 1.165) is 19.3 Å². The van der Waals surface area contributed by atoms with Crippen LogP contribution in [0.3, 0.4) is 0 Å². The van der Waals surface area contributed by atoms with Crippen LogP contribution in [0.5, 0.6) is 0 Å². The Labute approximate surface area is 227 Å². The van der Waals surface area contributed by atoms with Crippen molar-refractivity contribution in [3.63, 3.8) is 0 Å². The number of hydrogen-bond donors (Lipinski definition) is 2. The second kappa shape index (κ2) is 11.1. The zero-order valence-electron chi connectivity index (χ0n) is 21.5. The van der Waals surface area contributed by atoms with Gasteiger partial charge in [0.2, 0.25) is 15.7 Å². The summed E-state index contributed by atoms with van der Waals surface area (Å²) in [4.78, 5) is 41.6. The molecule has 2 amide bonds. The lowest BCUT2D eigenvalue weighted by Gasteiger charge is -2.39. The maximum absolute atomic E-state index is 13.5. The van der Waals surface area contributed by atoms with E-state index in [1.807, 2.05) is 0 Å². The molecule has 0 spiro atoms. The van der Waals surface area contributed by atoms with E-state index >= 15 is 0 Å². The molecule has 2 heterocycles. The molecule has 5 rings (SSSR count). The zero-order valence-corrected chi connectivity index (χ0v) is 22.3. The predicted molar refractivity (Wildman–Crippen MR) is 144 cm³/mol. The smallest absolute Gasteiger partial charge is 0.287 e. The molecular formula is C29H31N3O6S. The monoisotopic (exact) mass is 549 g/mol. The first-order valence-electron chi connectivity index (χ1n) is 13.1. The van der Waals surface area contributed by atoms with Gasteiger partial charge in [0.15, 0.2) is 11.5 Å². The average molecular weight is 550 g/mol. The van der Waals surface area contributed by atoms with Crippen molar-refractivity contribution in [1.29, 1.82) is 0 Å². The Morgan fingerprint density at radius 2 is 1.64 bits per heavy atom. The molecule has 1 atom stereocenters. The van der Waals surface area contributed by atoms with Crippen LogP contribution in [-0.2, 0) is 19.4 Å². The van der Waals surface area contributed by atoms with Gasteiger partial charge in [0, 0.05) is 6.54 Å². The first-order valence-corrected chi connectivity index (χ1v) is 14.6. The van der Waals surface area contributed by atoms with E-state index < -0.39 is 27.3 Å². The Morgan fingerprint density at radius 1 is 0.923 bits per heavy atom. The van der Waals surface area contributed by atoms with E-state index in [2.05, 4.69) is 10.6 Å². The van der Waals surface area contributed by atoms with Crippen molar-refractivity contribution in [2.75, 3.05) is 18.0 Å². The van der Waals surface area contributed by atoms with Crippen molar-refractivity contribution in [2.45, 2.75) is 59.9 Å². The first-order chi connectivity index (χ1) is 18.8. The summed E-state index contributed by atoms with van der Waals surface area (Å²) in [6, 6.07) is 17.3. The van der Waals surface area contributed by atoms with Crippen LogP contribution in [0.25, 0.3) is 0 Å². The van der Waals surface area contributed by atoms with Crippen LogP contribution in [0, 0.1) is 0 Å². The molecule has 204 valence electrons. The maximum atomic E-state index is 13.5. The summed E-state index contributed by atoms with van der Waals surface area (Å²) in [5, 5.41) is 5.77. The number of hydrogen-bond acceptors (Lipinski definition) is 7. The zero-order chi connectivity index (χ0) is 27.5. The molecule has 2 aromatic carbocycles. The summed E-state index contributed by atoms with van der Waals surface area (Å²) in [5.41, 5.74) is -0.662. The normalized spacial score (nSPS) is 19.3. The Bertz CT molecular complexity index is 1450. The molecule has 1 aliphatic heterocycles. The predicted octanol–water partition coefficient (Wildman–Crippen LogP) is 3.51. The number of sulfone groups is 1. The SMILES string of the molecule is O=C(NC1(C(=O)NC2CCN(c3ccccc3S(=O)(=O)c3ccccc3)CC2=O)CCCCC1)c1ccco1. The van der Waals surface area contributed by atoms with Gasteiger partial charge in [-0.05, 0) is 55.7 Å². The lowest BCUT2D eigenvalue weighted by Crippen LogP contribution is -2.63. The summed E-state index contributed by atoms with van der Waals surface area (Å²) in [6.45, 7) is 0.335. The number of carbonyl (C=O) groups excluding carboxylic acids is 3. The standard InChI is InChI=1S/C29H31N3O6S/c33-24-20-32(23-12-5-6-14-26(23)39(36,37)21-10-3-1-4-11-21)18-15-22(24)30-28(35)29(16-7-2-8-17-29)31-27(34)25-13-9-19-38-25/h1,3-6,9-14,19,22H,2,7-8,15-18,20H2,(H,30,35)(H,31,34). The molecule has 1 saturated heterocycles. The van der Waals surface area contributed by atoms with Crippen LogP contribution >= 0.6 is 0 Å². The Balaban J connectivity index is 1.30. The quantitative estimate of drug-likeness (QED) is 0.462. The number of carbonyl (C=O) groups is 3. The third kappa shape index (κ3) is 5.47. The van der Waals surface area contributed by atoms with Gasteiger partial charge in [-0.1, -0.05) is 49.6 Å². The third-order valence-corrected chi connectivity index (χ3v) is 9.33. The van der Waals surface area contributed by atoms with Crippen molar-refractivity contribution < 1.29 is 27.2 Å². The van der Waals surface area contributed by atoms with Crippen molar-refractivity contribution >= 4 is 33.1 Å². The topological polar surface area (TPSA) is 126 Å². The highest BCUT2D eigenvalue weighted by Gasteiger charge is 2.43. The number of ketones is 1. The van der Waals surface area contributed by atoms with Gasteiger partial charge in [0.05, 0.1) is 34.3 Å². The van der Waals surface area contributed by atoms with Crippen LogP contribution < -0.4 is 15.5 Å². The molecule has 39 heavy (non-hydrogen) atoms. The highest BCUT2D eigenvalue weighted by molar-refractivity contribution is 7.91. The van der Waals surface area contributed by atoms with Gasteiger partial charge < -0.3 is 20.0 Å². The van der Waals surface area contributed by atoms with Gasteiger partial charge in [-0.25, -0.2) is 8.42 Å². The number of para-hydroxylation sites is 1. The fourth-order valence-corrected chi connectivity index (χ4v) is 6.90. The number of nitrogens with zero attached hydrogens (tertiary/aromatic N) is 1. The average Bonchev–Trinajstić information content (AvgIpc) is 3.51. The molecule has 0 bridgehead atoms. The van der Waals surface area contributed by atoms with Crippen molar-refractivity contribution in [3.8, 4) is 0 Å². The summed E-state index contributed by atoms with van der Waals surface area (Å²) >= 11 is 0. The van der Waals surface area contributed by atoms with E-state index in [-0.39, 0.29) is 33.8 Å². The van der Waals surface area contributed by atoms with Crippen LogP contribution in [0.1, 0.15) is 49.1 Å². The molecule has 10 heteroatoms. The number of piperidine rings is 1. The summed E-state index contributed by atoms with van der Waals surface area (Å²) in [7, 11) is -3.79. The molecule has 9 nitrogen and oxygen atoms in total. The Kier molecular flexibility index (Phi) is 7.56. The molecule has 0 radical (unpaired) electrons. The Hall–Kier alpha value is -3.92. The number of rotatable bonds is 7. The maximum Gasteiger partial charge on any atom is 0.287 e. The highest BCUT2D eigenvalue weighted by atomic mass is 32.2. The van der Waals surface area contributed by atoms with Gasteiger partial charge in [-0.15, -0.1) is 0 Å². The molecule has 1 saturated carbocycles. The molecule has 2 N–H and O–H groups in total. The minimum Gasteiger partial charge on any atom is -0.459 e. The number of benzene rings is 2. The molecule has 1 aromatic heterocycles. The second-order valence-corrected chi connectivity index (χ2v) is 12.0. The largest absolute Gasteiger partial charge is 0.459 e. The van der Waals surface area contributed by atoms with Crippen LogP contribution in [-0.4, -0.2) is 50.7 Å². The van der Waals surface area contributed by atoms with Crippen LogP contribution in [0.15, 0.2) is 87.2 Å². The number of furan rings is 1. The molecule has 2 fully saturated rings. The number of amides is 2. The van der Waals surface area contributed by atoms with E-state index in [1.165, 1.54) is 6.26 Å².